The second-order valence-corrected chi connectivity index (χ2v) is 4.51. The van der Waals surface area contributed by atoms with Gasteiger partial charge in [0, 0.05) is 18.2 Å². The minimum Gasteiger partial charge on any atom is -0.497 e. The van der Waals surface area contributed by atoms with Crippen molar-refractivity contribution in [3.05, 3.63) is 28.6 Å². The minimum atomic E-state index is 0.0830. The second-order valence-electron chi connectivity index (χ2n) is 4.51. The third-order valence-corrected chi connectivity index (χ3v) is 3.08. The number of methoxy groups -OCH3 is 1. The average molecular weight is 261 g/mol. The summed E-state index contributed by atoms with van der Waals surface area (Å²) in [5, 5.41) is 5.03. The first kappa shape index (κ1) is 13.5. The fourth-order valence-corrected chi connectivity index (χ4v) is 2.06. The van der Waals surface area contributed by atoms with Gasteiger partial charge >= 0.3 is 0 Å². The highest BCUT2D eigenvalue weighted by atomic mass is 16.5. The first-order chi connectivity index (χ1) is 9.24. The van der Waals surface area contributed by atoms with Gasteiger partial charge in [0.05, 0.1) is 13.4 Å². The Morgan fingerprint density at radius 1 is 1.47 bits per heavy atom. The molecule has 2 rings (SSSR count). The van der Waals surface area contributed by atoms with Gasteiger partial charge in [0.2, 0.25) is 5.91 Å². The zero-order valence-electron chi connectivity index (χ0n) is 11.4. The van der Waals surface area contributed by atoms with Gasteiger partial charge in [-0.05, 0) is 29.3 Å². The summed E-state index contributed by atoms with van der Waals surface area (Å²) in [6.07, 6.45) is 3.16. The normalized spacial score (nSPS) is 13.1. The van der Waals surface area contributed by atoms with Gasteiger partial charge in [0.1, 0.15) is 12.4 Å². The number of hydrogen-bond acceptors (Lipinski definition) is 3. The summed E-state index contributed by atoms with van der Waals surface area (Å²) >= 11 is 0. The first-order valence-corrected chi connectivity index (χ1v) is 6.49. The van der Waals surface area contributed by atoms with E-state index in [1.165, 1.54) is 0 Å². The molecule has 1 aromatic carbocycles. The van der Waals surface area contributed by atoms with Gasteiger partial charge in [0.25, 0.3) is 0 Å². The van der Waals surface area contributed by atoms with Crippen molar-refractivity contribution in [3.8, 4) is 5.75 Å². The maximum absolute atomic E-state index is 11.5. The van der Waals surface area contributed by atoms with E-state index >= 15 is 0 Å². The van der Waals surface area contributed by atoms with Crippen LogP contribution in [-0.4, -0.2) is 26.2 Å². The van der Waals surface area contributed by atoms with Gasteiger partial charge in [-0.1, -0.05) is 13.0 Å². The van der Waals surface area contributed by atoms with E-state index in [-0.39, 0.29) is 5.91 Å². The maximum Gasteiger partial charge on any atom is 0.220 e. The van der Waals surface area contributed by atoms with Crippen LogP contribution < -0.4 is 20.5 Å². The van der Waals surface area contributed by atoms with Gasteiger partial charge in [0.15, 0.2) is 0 Å². The molecule has 0 radical (unpaired) electrons. The average Bonchev–Trinajstić information content (AvgIpc) is 2.44. The first-order valence-electron chi connectivity index (χ1n) is 6.49. The van der Waals surface area contributed by atoms with E-state index in [2.05, 4.69) is 5.32 Å². The summed E-state index contributed by atoms with van der Waals surface area (Å²) in [5.74, 6) is 0.884. The fraction of sp³-hybridized carbons (Fsp3) is 0.400. The summed E-state index contributed by atoms with van der Waals surface area (Å²) in [6, 6.07) is 5.86. The largest absolute Gasteiger partial charge is 0.497 e. The van der Waals surface area contributed by atoms with Crippen molar-refractivity contribution in [2.45, 2.75) is 19.8 Å². The van der Waals surface area contributed by atoms with Gasteiger partial charge in [-0.25, -0.2) is 0 Å². The quantitative estimate of drug-likeness (QED) is 0.841. The molecule has 1 aliphatic heterocycles. The van der Waals surface area contributed by atoms with Crippen LogP contribution in [0.25, 0.3) is 11.8 Å². The number of carbonyl (C=O) groups is 1. The van der Waals surface area contributed by atoms with Gasteiger partial charge < -0.3 is 14.8 Å². The zero-order valence-corrected chi connectivity index (χ0v) is 11.4. The van der Waals surface area contributed by atoms with Crippen LogP contribution >= 0.6 is 0 Å². The van der Waals surface area contributed by atoms with Crippen molar-refractivity contribution in [2.75, 3.05) is 20.3 Å². The van der Waals surface area contributed by atoms with Crippen molar-refractivity contribution in [1.82, 2.24) is 5.32 Å². The van der Waals surface area contributed by atoms with Crippen LogP contribution in [0.5, 0.6) is 5.75 Å². The van der Waals surface area contributed by atoms with Crippen molar-refractivity contribution < 1.29 is 14.3 Å². The summed E-state index contributed by atoms with van der Waals surface area (Å²) in [5.41, 5.74) is 1.09. The molecule has 1 N–H and O–H groups in total. The molecular weight excluding hydrogens is 242 g/mol. The Morgan fingerprint density at radius 3 is 3.05 bits per heavy atom. The van der Waals surface area contributed by atoms with Crippen LogP contribution in [-0.2, 0) is 9.53 Å². The van der Waals surface area contributed by atoms with Gasteiger partial charge in [-0.15, -0.1) is 0 Å². The van der Waals surface area contributed by atoms with Crippen molar-refractivity contribution in [2.24, 2.45) is 0 Å². The molecule has 102 valence electrons. The molecule has 0 unspecified atom stereocenters. The van der Waals surface area contributed by atoms with Crippen molar-refractivity contribution in [1.29, 1.82) is 0 Å². The van der Waals surface area contributed by atoms with E-state index in [1.807, 2.05) is 25.1 Å². The van der Waals surface area contributed by atoms with E-state index in [9.17, 15) is 4.79 Å². The van der Waals surface area contributed by atoms with E-state index in [1.54, 1.807) is 13.4 Å². The number of ether oxygens (including phenoxy) is 2. The third kappa shape index (κ3) is 3.28. The number of benzene rings is 1. The van der Waals surface area contributed by atoms with Crippen LogP contribution in [0.3, 0.4) is 0 Å². The number of fused-ring (bicyclic) bond motifs is 1. The predicted octanol–water partition coefficient (Wildman–Crippen LogP) is 0.530. The molecule has 1 aromatic rings. The van der Waals surface area contributed by atoms with Crippen LogP contribution in [0.2, 0.25) is 0 Å². The lowest BCUT2D eigenvalue weighted by Crippen LogP contribution is -2.36. The molecule has 0 saturated carbocycles. The molecule has 1 heterocycles. The predicted molar refractivity (Wildman–Crippen MR) is 74.0 cm³/mol. The Morgan fingerprint density at radius 2 is 2.32 bits per heavy atom. The van der Waals surface area contributed by atoms with E-state index in [0.29, 0.717) is 19.6 Å². The molecule has 0 fully saturated rings. The van der Waals surface area contributed by atoms with Crippen molar-refractivity contribution >= 4 is 17.7 Å². The Kier molecular flexibility index (Phi) is 4.44. The lowest BCUT2D eigenvalue weighted by molar-refractivity contribution is -0.120. The molecule has 4 heteroatoms. The zero-order chi connectivity index (χ0) is 13.7. The number of amides is 1. The van der Waals surface area contributed by atoms with Crippen LogP contribution in [0.1, 0.15) is 19.8 Å². The SMILES string of the molecule is CCCC(=O)NCC1=c2ccc(OC)cc2=COC1. The topological polar surface area (TPSA) is 47.6 Å². The van der Waals surface area contributed by atoms with Gasteiger partial charge in [-0.2, -0.15) is 0 Å². The van der Waals surface area contributed by atoms with Crippen LogP contribution in [0, 0.1) is 0 Å². The van der Waals surface area contributed by atoms with Crippen LogP contribution in [0.4, 0.5) is 0 Å². The molecule has 19 heavy (non-hydrogen) atoms. The van der Waals surface area contributed by atoms with Crippen LogP contribution in [0.15, 0.2) is 18.2 Å². The maximum atomic E-state index is 11.5. The van der Waals surface area contributed by atoms with E-state index in [4.69, 9.17) is 9.47 Å². The lowest BCUT2D eigenvalue weighted by Gasteiger charge is -2.14. The summed E-state index contributed by atoms with van der Waals surface area (Å²) in [4.78, 5) is 11.5. The highest BCUT2D eigenvalue weighted by molar-refractivity contribution is 5.77. The third-order valence-electron chi connectivity index (χ3n) is 3.08. The standard InChI is InChI=1S/C15H19NO3/c1-3-4-15(17)16-8-12-10-19-9-11-7-13(18-2)5-6-14(11)12/h5-7,9H,3-4,8,10H2,1-2H3,(H,16,17). The summed E-state index contributed by atoms with van der Waals surface area (Å²) in [6.45, 7) is 3.05. The number of hydrogen-bond donors (Lipinski definition) is 1. The molecule has 0 aliphatic carbocycles. The molecule has 1 aliphatic rings. The van der Waals surface area contributed by atoms with Gasteiger partial charge in [-0.3, -0.25) is 4.79 Å². The van der Waals surface area contributed by atoms with Crippen molar-refractivity contribution in [3.63, 3.8) is 0 Å². The Bertz CT molecular complexity index is 578. The number of rotatable bonds is 5. The molecule has 0 spiro atoms. The molecule has 0 bridgehead atoms. The van der Waals surface area contributed by atoms with E-state index in [0.717, 1.165) is 28.2 Å². The van der Waals surface area contributed by atoms with E-state index < -0.39 is 0 Å². The minimum absolute atomic E-state index is 0.0830. The highest BCUT2D eigenvalue weighted by Crippen LogP contribution is 2.05. The molecule has 0 aromatic heterocycles. The molecule has 0 saturated heterocycles. The summed E-state index contributed by atoms with van der Waals surface area (Å²) in [7, 11) is 1.64. The highest BCUT2D eigenvalue weighted by Gasteiger charge is 2.08. The number of carbonyl (C=O) groups excluding carboxylic acids is 1. The lowest BCUT2D eigenvalue weighted by atomic mass is 10.1. The molecular formula is C15H19NO3. The second kappa shape index (κ2) is 6.27. The Labute approximate surface area is 112 Å². The monoisotopic (exact) mass is 261 g/mol. The Hall–Kier alpha value is -1.97. The smallest absolute Gasteiger partial charge is 0.220 e. The molecule has 0 atom stereocenters. The number of nitrogens with one attached hydrogen (secondary N) is 1. The fourth-order valence-electron chi connectivity index (χ4n) is 2.06. The molecule has 1 amide bonds. The summed E-state index contributed by atoms with van der Waals surface area (Å²) < 4.78 is 10.6. The molecule has 4 nitrogen and oxygen atoms in total. The Balaban J connectivity index is 2.22.